The molecule has 1 amide bonds. The van der Waals surface area contributed by atoms with Gasteiger partial charge in [-0.2, -0.15) is 10.1 Å². The first kappa shape index (κ1) is 14.9. The molecule has 0 aromatic rings. The van der Waals surface area contributed by atoms with Crippen LogP contribution in [-0.4, -0.2) is 42.7 Å². The number of hydrazone groups is 1. The maximum absolute atomic E-state index is 11.7. The summed E-state index contributed by atoms with van der Waals surface area (Å²) in [5, 5.41) is 5.38. The van der Waals surface area contributed by atoms with Gasteiger partial charge in [0.15, 0.2) is 0 Å². The third-order valence-electron chi connectivity index (χ3n) is 1.43. The second-order valence-electron chi connectivity index (χ2n) is 4.64. The van der Waals surface area contributed by atoms with E-state index in [1.165, 1.54) is 5.01 Å². The molecule has 0 spiro atoms. The molecule has 0 atom stereocenters. The Balaban J connectivity index is 4.50. The monoisotopic (exact) mass is 230 g/mol. The van der Waals surface area contributed by atoms with Gasteiger partial charge in [-0.15, -0.1) is 0 Å². The largest absolute Gasteiger partial charge is 0.442 e. The lowest BCUT2D eigenvalue weighted by molar-refractivity contribution is 0.0207. The zero-order chi connectivity index (χ0) is 12.8. The number of ether oxygens (including phenoxy) is 2. The van der Waals surface area contributed by atoms with E-state index in [1.54, 1.807) is 7.11 Å². The lowest BCUT2D eigenvalue weighted by Crippen LogP contribution is -2.35. The molecule has 0 heterocycles. The van der Waals surface area contributed by atoms with Crippen molar-refractivity contribution in [3.05, 3.63) is 0 Å². The van der Waals surface area contributed by atoms with Gasteiger partial charge in [0.25, 0.3) is 0 Å². The molecule has 0 aliphatic rings. The Labute approximate surface area is 97.4 Å². The number of nitrogens with zero attached hydrogens (tertiary/aromatic N) is 2. The average Bonchev–Trinajstić information content (AvgIpc) is 2.08. The van der Waals surface area contributed by atoms with Crippen LogP contribution in [-0.2, 0) is 9.47 Å². The van der Waals surface area contributed by atoms with Crippen molar-refractivity contribution >= 4 is 11.8 Å². The maximum atomic E-state index is 11.7. The van der Waals surface area contributed by atoms with E-state index < -0.39 is 11.7 Å². The van der Waals surface area contributed by atoms with Gasteiger partial charge in [0.05, 0.1) is 13.2 Å². The van der Waals surface area contributed by atoms with E-state index in [9.17, 15) is 4.79 Å². The predicted octanol–water partition coefficient (Wildman–Crippen LogP) is 2.27. The molecule has 0 N–H and O–H groups in total. The van der Waals surface area contributed by atoms with E-state index in [4.69, 9.17) is 9.47 Å². The fraction of sp³-hybridized carbons (Fsp3) is 0.818. The highest BCUT2D eigenvalue weighted by molar-refractivity contribution is 5.80. The van der Waals surface area contributed by atoms with Gasteiger partial charge < -0.3 is 9.47 Å². The minimum atomic E-state index is -0.514. The highest BCUT2D eigenvalue weighted by atomic mass is 16.6. The van der Waals surface area contributed by atoms with E-state index in [2.05, 4.69) is 5.10 Å². The van der Waals surface area contributed by atoms with Gasteiger partial charge in [0, 0.05) is 12.8 Å². The smallest absolute Gasteiger partial charge is 0.430 e. The minimum absolute atomic E-state index is 0.386. The summed E-state index contributed by atoms with van der Waals surface area (Å²) in [4.78, 5) is 11.7. The molecule has 0 bridgehead atoms. The van der Waals surface area contributed by atoms with Crippen LogP contribution < -0.4 is 0 Å². The Morgan fingerprint density at radius 2 is 1.88 bits per heavy atom. The first-order chi connectivity index (χ1) is 7.26. The fourth-order valence-corrected chi connectivity index (χ4v) is 0.916. The predicted molar refractivity (Wildman–Crippen MR) is 63.6 cm³/mol. The lowest BCUT2D eigenvalue weighted by Gasteiger charge is -2.24. The van der Waals surface area contributed by atoms with Crippen LogP contribution in [0.25, 0.3) is 0 Å². The Hall–Kier alpha value is -1.10. The van der Waals surface area contributed by atoms with Crippen molar-refractivity contribution in [3.8, 4) is 0 Å². The van der Waals surface area contributed by atoms with Gasteiger partial charge in [-0.05, 0) is 34.6 Å². The van der Waals surface area contributed by atoms with E-state index in [1.807, 2.05) is 34.6 Å². The van der Waals surface area contributed by atoms with Crippen molar-refractivity contribution in [2.24, 2.45) is 5.10 Å². The van der Waals surface area contributed by atoms with Crippen LogP contribution in [0.3, 0.4) is 0 Å². The number of hydrogen-bond acceptors (Lipinski definition) is 4. The molecular weight excluding hydrogens is 208 g/mol. The van der Waals surface area contributed by atoms with Crippen LogP contribution in [0.1, 0.15) is 34.6 Å². The van der Waals surface area contributed by atoms with Crippen LogP contribution in [0.4, 0.5) is 4.79 Å². The number of carbonyl (C=O) groups is 1. The lowest BCUT2D eigenvalue weighted by atomic mass is 10.2. The molecule has 0 aromatic heterocycles. The number of hydrogen-bond donors (Lipinski definition) is 0. The number of carbonyl (C=O) groups excluding carboxylic acids is 1. The molecule has 0 aliphatic carbocycles. The van der Waals surface area contributed by atoms with Crippen molar-refractivity contribution in [2.75, 3.05) is 20.3 Å². The molecule has 0 radical (unpaired) electrons. The Morgan fingerprint density at radius 3 is 2.25 bits per heavy atom. The number of rotatable bonds is 4. The van der Waals surface area contributed by atoms with Crippen molar-refractivity contribution in [1.29, 1.82) is 0 Å². The Bertz CT molecular complexity index is 252. The van der Waals surface area contributed by atoms with E-state index >= 15 is 0 Å². The summed E-state index contributed by atoms with van der Waals surface area (Å²) >= 11 is 0. The maximum Gasteiger partial charge on any atom is 0.430 e. The highest BCUT2D eigenvalue weighted by Crippen LogP contribution is 2.10. The molecule has 0 aromatic carbocycles. The molecule has 0 rings (SSSR count). The molecule has 5 nitrogen and oxygen atoms in total. The highest BCUT2D eigenvalue weighted by Gasteiger charge is 2.21. The summed E-state index contributed by atoms with van der Waals surface area (Å²) < 4.78 is 10.1. The van der Waals surface area contributed by atoms with E-state index in [0.29, 0.717) is 13.2 Å². The first-order valence-electron chi connectivity index (χ1n) is 5.27. The van der Waals surface area contributed by atoms with Crippen LogP contribution in [0.5, 0.6) is 0 Å². The Morgan fingerprint density at radius 1 is 1.31 bits per heavy atom. The summed E-state index contributed by atoms with van der Waals surface area (Å²) in [7, 11) is 1.58. The third-order valence-corrected chi connectivity index (χ3v) is 1.43. The molecule has 0 fully saturated rings. The molecule has 0 saturated heterocycles. The van der Waals surface area contributed by atoms with Crippen LogP contribution >= 0.6 is 0 Å². The van der Waals surface area contributed by atoms with E-state index in [-0.39, 0.29) is 0 Å². The molecule has 0 saturated carbocycles. The van der Waals surface area contributed by atoms with Crippen molar-refractivity contribution in [3.63, 3.8) is 0 Å². The fourth-order valence-electron chi connectivity index (χ4n) is 0.916. The first-order valence-corrected chi connectivity index (χ1v) is 5.27. The van der Waals surface area contributed by atoms with Gasteiger partial charge in [0.2, 0.25) is 0 Å². The van der Waals surface area contributed by atoms with E-state index in [0.717, 1.165) is 5.71 Å². The van der Waals surface area contributed by atoms with Crippen LogP contribution in [0, 0.1) is 0 Å². The van der Waals surface area contributed by atoms with Crippen molar-refractivity contribution in [1.82, 2.24) is 5.01 Å². The molecule has 94 valence electrons. The van der Waals surface area contributed by atoms with Gasteiger partial charge in [-0.1, -0.05) is 0 Å². The van der Waals surface area contributed by atoms with Gasteiger partial charge in [-0.25, -0.2) is 4.79 Å². The second-order valence-corrected chi connectivity index (χ2v) is 4.64. The summed E-state index contributed by atoms with van der Waals surface area (Å²) in [6, 6.07) is 0. The molecule has 16 heavy (non-hydrogen) atoms. The zero-order valence-corrected chi connectivity index (χ0v) is 11.0. The van der Waals surface area contributed by atoms with Crippen LogP contribution in [0.2, 0.25) is 0 Å². The molecule has 5 heteroatoms. The second kappa shape index (κ2) is 6.48. The standard InChI is InChI=1S/C11H22N2O3/c1-9(2)12-13(7-8-15-6)10(14)16-11(3,4)5/h7-8H2,1-6H3. The quantitative estimate of drug-likeness (QED) is 0.550. The summed E-state index contributed by atoms with van der Waals surface area (Å²) in [5.41, 5.74) is 0.279. The zero-order valence-electron chi connectivity index (χ0n) is 11.0. The van der Waals surface area contributed by atoms with Gasteiger partial charge in [-0.3, -0.25) is 0 Å². The minimum Gasteiger partial charge on any atom is -0.442 e. The molecular formula is C11H22N2O3. The third kappa shape index (κ3) is 7.23. The van der Waals surface area contributed by atoms with Crippen LogP contribution in [0.15, 0.2) is 5.10 Å². The number of methoxy groups -OCH3 is 1. The molecule has 0 aliphatic heterocycles. The summed E-state index contributed by atoms with van der Waals surface area (Å²) in [5.74, 6) is 0. The Kier molecular flexibility index (Phi) is 6.03. The summed E-state index contributed by atoms with van der Waals surface area (Å²) in [6.45, 7) is 9.92. The number of amides is 1. The van der Waals surface area contributed by atoms with Gasteiger partial charge in [0.1, 0.15) is 5.60 Å². The van der Waals surface area contributed by atoms with Crippen molar-refractivity contribution in [2.45, 2.75) is 40.2 Å². The van der Waals surface area contributed by atoms with Crippen molar-refractivity contribution < 1.29 is 14.3 Å². The SMILES string of the molecule is COCCN(N=C(C)C)C(=O)OC(C)(C)C. The average molecular weight is 230 g/mol. The molecule has 0 unspecified atom stereocenters. The normalized spacial score (nSPS) is 10.9. The van der Waals surface area contributed by atoms with Gasteiger partial charge >= 0.3 is 6.09 Å². The summed E-state index contributed by atoms with van der Waals surface area (Å²) in [6.07, 6.45) is -0.453. The topological polar surface area (TPSA) is 51.1 Å².